The van der Waals surface area contributed by atoms with E-state index in [2.05, 4.69) is 12.2 Å². The van der Waals surface area contributed by atoms with E-state index in [1.807, 2.05) is 24.3 Å². The summed E-state index contributed by atoms with van der Waals surface area (Å²) in [5, 5.41) is 3.24. The van der Waals surface area contributed by atoms with Crippen molar-refractivity contribution in [1.82, 2.24) is 5.32 Å². The van der Waals surface area contributed by atoms with Crippen LogP contribution in [0.5, 0.6) is 5.75 Å². The van der Waals surface area contributed by atoms with Gasteiger partial charge in [0.05, 0.1) is 6.10 Å². The van der Waals surface area contributed by atoms with Gasteiger partial charge in [0.1, 0.15) is 5.75 Å². The van der Waals surface area contributed by atoms with E-state index in [4.69, 9.17) is 4.74 Å². The van der Waals surface area contributed by atoms with Crippen LogP contribution in [-0.2, 0) is 0 Å². The summed E-state index contributed by atoms with van der Waals surface area (Å²) in [6.07, 6.45) is 10.7. The van der Waals surface area contributed by atoms with Crippen LogP contribution in [0.25, 0.3) is 0 Å². The van der Waals surface area contributed by atoms with Gasteiger partial charge in [-0.3, -0.25) is 4.79 Å². The van der Waals surface area contributed by atoms with Crippen LogP contribution in [0.3, 0.4) is 0 Å². The zero-order chi connectivity index (χ0) is 16.5. The van der Waals surface area contributed by atoms with E-state index in [0.717, 1.165) is 36.0 Å². The molecule has 0 unspecified atom stereocenters. The van der Waals surface area contributed by atoms with Gasteiger partial charge in [-0.2, -0.15) is 0 Å². The lowest BCUT2D eigenvalue weighted by Crippen LogP contribution is -2.40. The molecule has 3 nitrogen and oxygen atoms in total. The molecule has 1 aromatic rings. The molecule has 0 heterocycles. The Morgan fingerprint density at radius 2 is 1.83 bits per heavy atom. The lowest BCUT2D eigenvalue weighted by molar-refractivity contribution is 0.0915. The number of rotatable bonds is 5. The summed E-state index contributed by atoms with van der Waals surface area (Å²) in [6.45, 7) is 2.18. The number of nitrogens with one attached hydrogen (secondary N) is 1. The first-order valence-corrected chi connectivity index (χ1v) is 9.76. The molecule has 3 aliphatic carbocycles. The standard InChI is InChI=1S/C21H29NO2/c1-14(20-13-15-6-7-17(20)12-15)22-21(23)16-8-10-19(11-9-16)24-18-4-2-3-5-18/h8-11,14-15,17-18,20H,2-7,12-13H2,1H3,(H,22,23)/t14-,15+,17+,20-/m0/s1. The molecule has 3 heteroatoms. The number of carbonyl (C=O) groups is 1. The molecule has 0 saturated heterocycles. The number of ether oxygens (including phenoxy) is 1. The maximum Gasteiger partial charge on any atom is 0.251 e. The van der Waals surface area contributed by atoms with Gasteiger partial charge in [-0.15, -0.1) is 0 Å². The summed E-state index contributed by atoms with van der Waals surface area (Å²) in [7, 11) is 0. The van der Waals surface area contributed by atoms with Gasteiger partial charge in [0, 0.05) is 11.6 Å². The van der Waals surface area contributed by atoms with Crippen LogP contribution in [-0.4, -0.2) is 18.1 Å². The summed E-state index contributed by atoms with van der Waals surface area (Å²) in [5.74, 6) is 3.38. The van der Waals surface area contributed by atoms with Gasteiger partial charge in [0.2, 0.25) is 0 Å². The van der Waals surface area contributed by atoms with Crippen LogP contribution >= 0.6 is 0 Å². The lowest BCUT2D eigenvalue weighted by Gasteiger charge is -2.28. The van der Waals surface area contributed by atoms with E-state index in [9.17, 15) is 4.79 Å². The molecular weight excluding hydrogens is 298 g/mol. The normalized spacial score (nSPS) is 30.5. The maximum absolute atomic E-state index is 12.5. The third-order valence-electron chi connectivity index (χ3n) is 6.52. The highest BCUT2D eigenvalue weighted by molar-refractivity contribution is 5.94. The second kappa shape index (κ2) is 6.78. The summed E-state index contributed by atoms with van der Waals surface area (Å²) in [5.41, 5.74) is 0.740. The smallest absolute Gasteiger partial charge is 0.251 e. The molecular formula is C21H29NO2. The highest BCUT2D eigenvalue weighted by Gasteiger charge is 2.42. The molecule has 0 spiro atoms. The Kier molecular flexibility index (Phi) is 4.51. The summed E-state index contributed by atoms with van der Waals surface area (Å²) in [6, 6.07) is 7.95. The average Bonchev–Trinajstić information content (AvgIpc) is 3.33. The van der Waals surface area contributed by atoms with E-state index >= 15 is 0 Å². The highest BCUT2D eigenvalue weighted by Crippen LogP contribution is 2.49. The molecule has 0 aromatic heterocycles. The Labute approximate surface area is 145 Å². The molecule has 1 aromatic carbocycles. The molecule has 4 atom stereocenters. The Morgan fingerprint density at radius 1 is 1.08 bits per heavy atom. The van der Waals surface area contributed by atoms with Gasteiger partial charge in [0.25, 0.3) is 5.91 Å². The minimum atomic E-state index is 0.0534. The van der Waals surface area contributed by atoms with Crippen LogP contribution in [0, 0.1) is 17.8 Å². The molecule has 4 rings (SSSR count). The van der Waals surface area contributed by atoms with Gasteiger partial charge in [-0.05, 0) is 93.9 Å². The van der Waals surface area contributed by atoms with E-state index in [1.54, 1.807) is 0 Å². The fourth-order valence-corrected chi connectivity index (χ4v) is 5.19. The van der Waals surface area contributed by atoms with Gasteiger partial charge in [-0.25, -0.2) is 0 Å². The Bertz CT molecular complexity index is 576. The fraction of sp³-hybridized carbons (Fsp3) is 0.667. The predicted octanol–water partition coefficient (Wildman–Crippen LogP) is 4.56. The SMILES string of the molecule is C[C@H](NC(=O)c1ccc(OC2CCCC2)cc1)[C@@H]1C[C@@H]2CC[C@@H]1C2. The van der Waals surface area contributed by atoms with Gasteiger partial charge >= 0.3 is 0 Å². The van der Waals surface area contributed by atoms with E-state index in [0.29, 0.717) is 12.0 Å². The predicted molar refractivity (Wildman–Crippen MR) is 95.2 cm³/mol. The second-order valence-electron chi connectivity index (χ2n) is 8.15. The molecule has 3 aliphatic rings. The molecule has 3 saturated carbocycles. The lowest BCUT2D eigenvalue weighted by atomic mass is 9.84. The number of hydrogen-bond acceptors (Lipinski definition) is 2. The first-order chi connectivity index (χ1) is 11.7. The van der Waals surface area contributed by atoms with Crippen LogP contribution < -0.4 is 10.1 Å². The minimum Gasteiger partial charge on any atom is -0.490 e. The molecule has 0 aliphatic heterocycles. The molecule has 2 bridgehead atoms. The first kappa shape index (κ1) is 16.0. The average molecular weight is 327 g/mol. The van der Waals surface area contributed by atoms with Crippen LogP contribution in [0.1, 0.15) is 68.6 Å². The topological polar surface area (TPSA) is 38.3 Å². The Hall–Kier alpha value is -1.51. The van der Waals surface area contributed by atoms with E-state index in [-0.39, 0.29) is 11.9 Å². The van der Waals surface area contributed by atoms with Crippen molar-refractivity contribution in [2.24, 2.45) is 17.8 Å². The zero-order valence-corrected chi connectivity index (χ0v) is 14.7. The van der Waals surface area contributed by atoms with Crippen LogP contribution in [0.2, 0.25) is 0 Å². The largest absolute Gasteiger partial charge is 0.490 e. The van der Waals surface area contributed by atoms with Crippen molar-refractivity contribution >= 4 is 5.91 Å². The third kappa shape index (κ3) is 3.31. The summed E-state index contributed by atoms with van der Waals surface area (Å²) >= 11 is 0. The molecule has 130 valence electrons. The third-order valence-corrected chi connectivity index (χ3v) is 6.52. The Morgan fingerprint density at radius 3 is 2.46 bits per heavy atom. The van der Waals surface area contributed by atoms with E-state index in [1.165, 1.54) is 38.5 Å². The van der Waals surface area contributed by atoms with E-state index < -0.39 is 0 Å². The Balaban J connectivity index is 1.32. The number of benzene rings is 1. The van der Waals surface area contributed by atoms with Crippen molar-refractivity contribution in [3.8, 4) is 5.75 Å². The van der Waals surface area contributed by atoms with Crippen molar-refractivity contribution < 1.29 is 9.53 Å². The highest BCUT2D eigenvalue weighted by atomic mass is 16.5. The van der Waals surface area contributed by atoms with Gasteiger partial charge in [-0.1, -0.05) is 6.42 Å². The number of amides is 1. The van der Waals surface area contributed by atoms with Crippen LogP contribution in [0.15, 0.2) is 24.3 Å². The van der Waals surface area contributed by atoms with Crippen molar-refractivity contribution in [3.05, 3.63) is 29.8 Å². The molecule has 0 radical (unpaired) electrons. The number of fused-ring (bicyclic) bond motifs is 2. The monoisotopic (exact) mass is 327 g/mol. The van der Waals surface area contributed by atoms with Crippen molar-refractivity contribution in [2.75, 3.05) is 0 Å². The van der Waals surface area contributed by atoms with Crippen LogP contribution in [0.4, 0.5) is 0 Å². The summed E-state index contributed by atoms with van der Waals surface area (Å²) < 4.78 is 5.97. The minimum absolute atomic E-state index is 0.0534. The number of hydrogen-bond donors (Lipinski definition) is 1. The first-order valence-electron chi connectivity index (χ1n) is 9.76. The quantitative estimate of drug-likeness (QED) is 0.861. The van der Waals surface area contributed by atoms with Crippen molar-refractivity contribution in [2.45, 2.75) is 70.4 Å². The molecule has 1 N–H and O–H groups in total. The molecule has 1 amide bonds. The summed E-state index contributed by atoms with van der Waals surface area (Å²) in [4.78, 5) is 12.5. The molecule has 24 heavy (non-hydrogen) atoms. The fourth-order valence-electron chi connectivity index (χ4n) is 5.19. The van der Waals surface area contributed by atoms with Crippen molar-refractivity contribution in [3.63, 3.8) is 0 Å². The van der Waals surface area contributed by atoms with Gasteiger partial charge < -0.3 is 10.1 Å². The van der Waals surface area contributed by atoms with Gasteiger partial charge in [0.15, 0.2) is 0 Å². The van der Waals surface area contributed by atoms with Crippen molar-refractivity contribution in [1.29, 1.82) is 0 Å². The maximum atomic E-state index is 12.5. The zero-order valence-electron chi connectivity index (χ0n) is 14.7. The number of carbonyl (C=O) groups excluding carboxylic acids is 1. The molecule has 3 fully saturated rings. The second-order valence-corrected chi connectivity index (χ2v) is 8.15.